The molecule has 0 spiro atoms. The molecule has 0 radical (unpaired) electrons. The number of hydrogen-bond donors (Lipinski definition) is 2. The van der Waals surface area contributed by atoms with E-state index in [0.29, 0.717) is 5.39 Å². The molecular formula is C12H16NO2+. The van der Waals surface area contributed by atoms with Gasteiger partial charge in [-0.25, -0.2) is 0 Å². The van der Waals surface area contributed by atoms with Crippen molar-refractivity contribution in [2.24, 2.45) is 0 Å². The van der Waals surface area contributed by atoms with Gasteiger partial charge in [0, 0.05) is 5.39 Å². The summed E-state index contributed by atoms with van der Waals surface area (Å²) in [7, 11) is 0. The zero-order valence-corrected chi connectivity index (χ0v) is 9.20. The van der Waals surface area contributed by atoms with Crippen LogP contribution in [-0.2, 0) is 0 Å². The molecule has 0 atom stereocenters. The molecule has 0 bridgehead atoms. The summed E-state index contributed by atoms with van der Waals surface area (Å²) in [4.78, 5) is 2.59. The van der Waals surface area contributed by atoms with Crippen molar-refractivity contribution < 1.29 is 15.2 Å². The van der Waals surface area contributed by atoms with Crippen LogP contribution in [0.2, 0.25) is 0 Å². The molecule has 2 aromatic rings. The number of nitrogens with one attached hydrogen (secondary N) is 1. The van der Waals surface area contributed by atoms with E-state index in [1.807, 2.05) is 32.9 Å². The lowest BCUT2D eigenvalue weighted by molar-refractivity contribution is -0.393. The summed E-state index contributed by atoms with van der Waals surface area (Å²) >= 11 is 0. The SMILES string of the molecule is CC.Cc1cccc2c(O)c(O)[nH+]cc12. The van der Waals surface area contributed by atoms with Gasteiger partial charge in [-0.3, -0.25) is 0 Å². The standard InChI is InChI=1S/C10H9NO2.C2H6/c1-6-3-2-4-7-8(6)5-11-10(13)9(7)12;1-2/h2-5,12H,1H3,(H,11,13);1-2H3/p+1. The van der Waals surface area contributed by atoms with Gasteiger partial charge in [0.2, 0.25) is 5.75 Å². The van der Waals surface area contributed by atoms with E-state index in [-0.39, 0.29) is 11.6 Å². The highest BCUT2D eigenvalue weighted by molar-refractivity contribution is 5.90. The minimum Gasteiger partial charge on any atom is -0.499 e. The molecule has 0 aliphatic heterocycles. The number of aromatic hydroxyl groups is 2. The van der Waals surface area contributed by atoms with E-state index in [1.54, 1.807) is 12.3 Å². The molecule has 0 aliphatic rings. The first-order chi connectivity index (χ1) is 7.20. The molecule has 0 aliphatic carbocycles. The number of H-pyrrole nitrogens is 1. The Morgan fingerprint density at radius 1 is 1.07 bits per heavy atom. The maximum atomic E-state index is 9.50. The van der Waals surface area contributed by atoms with Crippen LogP contribution < -0.4 is 4.98 Å². The highest BCUT2D eigenvalue weighted by atomic mass is 16.3. The number of fused-ring (bicyclic) bond motifs is 1. The van der Waals surface area contributed by atoms with Gasteiger partial charge < -0.3 is 10.2 Å². The van der Waals surface area contributed by atoms with Crippen molar-refractivity contribution >= 4 is 10.8 Å². The van der Waals surface area contributed by atoms with Gasteiger partial charge in [-0.2, -0.15) is 4.98 Å². The third-order valence-electron chi connectivity index (χ3n) is 2.16. The molecular weight excluding hydrogens is 190 g/mol. The Morgan fingerprint density at radius 3 is 2.40 bits per heavy atom. The Balaban J connectivity index is 0.000000531. The van der Waals surface area contributed by atoms with E-state index in [2.05, 4.69) is 4.98 Å². The number of aromatic amines is 1. The van der Waals surface area contributed by atoms with Crippen LogP contribution in [-0.4, -0.2) is 10.2 Å². The van der Waals surface area contributed by atoms with Crippen molar-refractivity contribution in [3.05, 3.63) is 30.0 Å². The Kier molecular flexibility index (Phi) is 3.50. The molecule has 0 saturated carbocycles. The molecule has 15 heavy (non-hydrogen) atoms. The Labute approximate surface area is 89.0 Å². The van der Waals surface area contributed by atoms with E-state index < -0.39 is 0 Å². The second kappa shape index (κ2) is 4.64. The van der Waals surface area contributed by atoms with Crippen molar-refractivity contribution in [2.75, 3.05) is 0 Å². The normalized spacial score (nSPS) is 9.53. The number of rotatable bonds is 0. The number of aryl methyl sites for hydroxylation is 1. The first-order valence-corrected chi connectivity index (χ1v) is 5.02. The maximum absolute atomic E-state index is 9.50. The maximum Gasteiger partial charge on any atom is 0.407 e. The molecule has 1 aromatic carbocycles. The lowest BCUT2D eigenvalue weighted by Crippen LogP contribution is -2.01. The third-order valence-corrected chi connectivity index (χ3v) is 2.16. The molecule has 3 heteroatoms. The van der Waals surface area contributed by atoms with E-state index in [9.17, 15) is 10.2 Å². The topological polar surface area (TPSA) is 54.6 Å². The molecule has 2 rings (SSSR count). The molecule has 3 N–H and O–H groups in total. The monoisotopic (exact) mass is 206 g/mol. The largest absolute Gasteiger partial charge is 0.499 e. The van der Waals surface area contributed by atoms with Gasteiger partial charge in [-0.1, -0.05) is 32.0 Å². The highest BCUT2D eigenvalue weighted by Gasteiger charge is 2.12. The fraction of sp³-hybridized carbons (Fsp3) is 0.250. The molecule has 1 aromatic heterocycles. The van der Waals surface area contributed by atoms with Crippen LogP contribution in [0.1, 0.15) is 19.4 Å². The first-order valence-electron chi connectivity index (χ1n) is 5.02. The van der Waals surface area contributed by atoms with Crippen molar-refractivity contribution in [1.29, 1.82) is 0 Å². The lowest BCUT2D eigenvalue weighted by Gasteiger charge is -1.99. The number of benzene rings is 1. The fourth-order valence-corrected chi connectivity index (χ4v) is 1.42. The summed E-state index contributed by atoms with van der Waals surface area (Å²) in [5.74, 6) is -0.292. The molecule has 3 nitrogen and oxygen atoms in total. The molecule has 80 valence electrons. The average Bonchev–Trinajstić information content (AvgIpc) is 2.27. The van der Waals surface area contributed by atoms with Crippen LogP contribution >= 0.6 is 0 Å². The van der Waals surface area contributed by atoms with Crippen LogP contribution in [0, 0.1) is 6.92 Å². The molecule has 0 amide bonds. The van der Waals surface area contributed by atoms with E-state index in [0.717, 1.165) is 10.9 Å². The van der Waals surface area contributed by atoms with E-state index >= 15 is 0 Å². The predicted octanol–water partition coefficient (Wildman–Crippen LogP) is 2.40. The first kappa shape index (κ1) is 11.3. The van der Waals surface area contributed by atoms with E-state index in [4.69, 9.17) is 0 Å². The summed E-state index contributed by atoms with van der Waals surface area (Å²) < 4.78 is 0. The zero-order valence-electron chi connectivity index (χ0n) is 9.20. The van der Waals surface area contributed by atoms with Crippen molar-refractivity contribution in [2.45, 2.75) is 20.8 Å². The molecule has 0 unspecified atom stereocenters. The third kappa shape index (κ3) is 2.01. The smallest absolute Gasteiger partial charge is 0.407 e. The van der Waals surface area contributed by atoms with Gasteiger partial charge in [0.25, 0.3) is 0 Å². The molecule has 1 heterocycles. The van der Waals surface area contributed by atoms with Crippen LogP contribution in [0.4, 0.5) is 0 Å². The lowest BCUT2D eigenvalue weighted by atomic mass is 10.1. The Hall–Kier alpha value is -1.77. The number of pyridine rings is 1. The second-order valence-corrected chi connectivity index (χ2v) is 3.02. The number of hydrogen-bond acceptors (Lipinski definition) is 2. The highest BCUT2D eigenvalue weighted by Crippen LogP contribution is 2.29. The van der Waals surface area contributed by atoms with Gasteiger partial charge >= 0.3 is 5.88 Å². The molecule has 0 fully saturated rings. The molecule has 0 saturated heterocycles. The van der Waals surface area contributed by atoms with Gasteiger partial charge in [0.15, 0.2) is 6.20 Å². The fourth-order valence-electron chi connectivity index (χ4n) is 1.42. The van der Waals surface area contributed by atoms with Crippen molar-refractivity contribution in [3.8, 4) is 11.6 Å². The number of aromatic nitrogens is 1. The van der Waals surface area contributed by atoms with Gasteiger partial charge in [-0.15, -0.1) is 0 Å². The second-order valence-electron chi connectivity index (χ2n) is 3.02. The summed E-state index contributed by atoms with van der Waals surface area (Å²) in [5, 5.41) is 20.3. The Morgan fingerprint density at radius 2 is 1.73 bits per heavy atom. The van der Waals surface area contributed by atoms with Crippen molar-refractivity contribution in [3.63, 3.8) is 0 Å². The average molecular weight is 206 g/mol. The summed E-state index contributed by atoms with van der Waals surface area (Å²) in [6.07, 6.45) is 1.68. The van der Waals surface area contributed by atoms with Crippen LogP contribution in [0.3, 0.4) is 0 Å². The van der Waals surface area contributed by atoms with Crippen molar-refractivity contribution in [1.82, 2.24) is 0 Å². The van der Waals surface area contributed by atoms with Crippen LogP contribution in [0.5, 0.6) is 11.6 Å². The summed E-state index contributed by atoms with van der Waals surface area (Å²) in [5.41, 5.74) is 1.06. The quantitative estimate of drug-likeness (QED) is 0.695. The zero-order chi connectivity index (χ0) is 11.4. The van der Waals surface area contributed by atoms with Crippen LogP contribution in [0.25, 0.3) is 10.8 Å². The van der Waals surface area contributed by atoms with E-state index in [1.165, 1.54) is 0 Å². The van der Waals surface area contributed by atoms with Gasteiger partial charge in [0.05, 0.1) is 5.39 Å². The Bertz CT molecular complexity index is 466. The predicted molar refractivity (Wildman–Crippen MR) is 59.9 cm³/mol. The summed E-state index contributed by atoms with van der Waals surface area (Å²) in [6, 6.07) is 5.56. The van der Waals surface area contributed by atoms with Gasteiger partial charge in [0.1, 0.15) is 0 Å². The van der Waals surface area contributed by atoms with Gasteiger partial charge in [-0.05, 0) is 12.5 Å². The minimum atomic E-state index is -0.196. The minimum absolute atomic E-state index is 0.0961. The van der Waals surface area contributed by atoms with Crippen LogP contribution in [0.15, 0.2) is 24.4 Å². The summed E-state index contributed by atoms with van der Waals surface area (Å²) in [6.45, 7) is 5.95.